The second kappa shape index (κ2) is 7.50. The number of carbonyl (C=O) groups is 2. The maximum Gasteiger partial charge on any atom is 0.270 e. The van der Waals surface area contributed by atoms with Gasteiger partial charge in [-0.1, -0.05) is 24.3 Å². The lowest BCUT2D eigenvalue weighted by Gasteiger charge is -2.37. The van der Waals surface area contributed by atoms with Crippen LogP contribution in [0.2, 0.25) is 0 Å². The molecule has 0 radical (unpaired) electrons. The van der Waals surface area contributed by atoms with E-state index in [9.17, 15) is 18.4 Å². The Bertz CT molecular complexity index is 1170. The van der Waals surface area contributed by atoms with Gasteiger partial charge in [0, 0.05) is 12.7 Å². The third-order valence-electron chi connectivity index (χ3n) is 5.17. The molecule has 7 heteroatoms. The first-order chi connectivity index (χ1) is 14.7. The molecule has 3 aromatic carbocycles. The van der Waals surface area contributed by atoms with E-state index in [1.165, 1.54) is 6.07 Å². The molecular formula is C24H20F2N2O3. The van der Waals surface area contributed by atoms with Crippen molar-refractivity contribution in [1.82, 2.24) is 0 Å². The molecule has 158 valence electrons. The van der Waals surface area contributed by atoms with Gasteiger partial charge >= 0.3 is 0 Å². The third-order valence-corrected chi connectivity index (χ3v) is 5.17. The summed E-state index contributed by atoms with van der Waals surface area (Å²) in [5.41, 5.74) is 1.20. The van der Waals surface area contributed by atoms with Gasteiger partial charge in [-0.2, -0.15) is 0 Å². The van der Waals surface area contributed by atoms with Crippen LogP contribution in [0.25, 0.3) is 11.1 Å². The van der Waals surface area contributed by atoms with Gasteiger partial charge in [-0.3, -0.25) is 9.59 Å². The molecule has 0 saturated carbocycles. The maximum atomic E-state index is 13.8. The largest absolute Gasteiger partial charge is 0.476 e. The Balaban J connectivity index is 1.57. The van der Waals surface area contributed by atoms with E-state index < -0.39 is 28.7 Å². The Kier molecular flexibility index (Phi) is 4.97. The molecule has 1 aliphatic rings. The van der Waals surface area contributed by atoms with Crippen LogP contribution >= 0.6 is 0 Å². The first-order valence-corrected chi connectivity index (χ1v) is 9.64. The molecule has 0 unspecified atom stereocenters. The molecule has 1 aliphatic heterocycles. The van der Waals surface area contributed by atoms with E-state index in [-0.39, 0.29) is 5.91 Å². The highest BCUT2D eigenvalue weighted by atomic mass is 19.1. The number of rotatable bonds is 3. The lowest BCUT2D eigenvalue weighted by molar-refractivity contribution is -0.132. The van der Waals surface area contributed by atoms with Crippen LogP contribution in [0.1, 0.15) is 24.2 Å². The fraction of sp³-hybridized carbons (Fsp3) is 0.167. The summed E-state index contributed by atoms with van der Waals surface area (Å²) in [7, 11) is 1.71. The van der Waals surface area contributed by atoms with Gasteiger partial charge < -0.3 is 15.0 Å². The van der Waals surface area contributed by atoms with E-state index in [0.29, 0.717) is 17.1 Å². The molecule has 4 rings (SSSR count). The number of nitrogens with one attached hydrogen (secondary N) is 1. The minimum absolute atomic E-state index is 0.126. The zero-order chi connectivity index (χ0) is 22.3. The minimum Gasteiger partial charge on any atom is -0.476 e. The van der Waals surface area contributed by atoms with Crippen molar-refractivity contribution in [3.05, 3.63) is 77.9 Å². The van der Waals surface area contributed by atoms with E-state index in [1.54, 1.807) is 50.1 Å². The first kappa shape index (κ1) is 20.5. The Morgan fingerprint density at radius 3 is 2.23 bits per heavy atom. The van der Waals surface area contributed by atoms with E-state index in [0.717, 1.165) is 23.3 Å². The Morgan fingerprint density at radius 2 is 1.58 bits per heavy atom. The number of benzene rings is 3. The fourth-order valence-corrected chi connectivity index (χ4v) is 3.54. The standard InChI is InChI=1S/C24H20F2N2O3/c1-24(2)23(30)28(3)19-12-9-15(13-20(19)31-24)14-7-10-16(11-8-14)27-22(29)21-17(25)5-4-6-18(21)26/h4-13H,1-3H3,(H,27,29). The summed E-state index contributed by atoms with van der Waals surface area (Å²) in [4.78, 5) is 26.2. The Hall–Kier alpha value is -3.74. The van der Waals surface area contributed by atoms with Crippen molar-refractivity contribution in [2.24, 2.45) is 0 Å². The predicted molar refractivity (Wildman–Crippen MR) is 114 cm³/mol. The second-order valence-electron chi connectivity index (χ2n) is 7.79. The number of hydrogen-bond donors (Lipinski definition) is 1. The van der Waals surface area contributed by atoms with Crippen LogP contribution < -0.4 is 15.0 Å². The number of carbonyl (C=O) groups excluding carboxylic acids is 2. The monoisotopic (exact) mass is 422 g/mol. The van der Waals surface area contributed by atoms with Crippen molar-refractivity contribution in [2.45, 2.75) is 19.4 Å². The van der Waals surface area contributed by atoms with Crippen LogP contribution in [0.3, 0.4) is 0 Å². The average Bonchev–Trinajstić information content (AvgIpc) is 2.72. The van der Waals surface area contributed by atoms with Crippen LogP contribution in [0, 0.1) is 11.6 Å². The van der Waals surface area contributed by atoms with Gasteiger partial charge in [-0.25, -0.2) is 8.78 Å². The molecule has 0 fully saturated rings. The van der Waals surface area contributed by atoms with Crippen LogP contribution in [0.4, 0.5) is 20.2 Å². The molecular weight excluding hydrogens is 402 g/mol. The molecule has 31 heavy (non-hydrogen) atoms. The number of fused-ring (bicyclic) bond motifs is 1. The van der Waals surface area contributed by atoms with Crippen molar-refractivity contribution < 1.29 is 23.1 Å². The number of hydrogen-bond acceptors (Lipinski definition) is 3. The van der Waals surface area contributed by atoms with Crippen LogP contribution in [0.15, 0.2) is 60.7 Å². The molecule has 0 spiro atoms. The number of nitrogens with zero attached hydrogens (tertiary/aromatic N) is 1. The van der Waals surface area contributed by atoms with Gasteiger partial charge in [-0.15, -0.1) is 0 Å². The number of halogens is 2. The van der Waals surface area contributed by atoms with Crippen molar-refractivity contribution in [3.8, 4) is 16.9 Å². The van der Waals surface area contributed by atoms with Crippen molar-refractivity contribution in [3.63, 3.8) is 0 Å². The minimum atomic E-state index is -0.962. The highest BCUT2D eigenvalue weighted by molar-refractivity contribution is 6.05. The van der Waals surface area contributed by atoms with E-state index in [1.807, 2.05) is 18.2 Å². The van der Waals surface area contributed by atoms with Crippen LogP contribution in [-0.2, 0) is 4.79 Å². The third kappa shape index (κ3) is 3.74. The summed E-state index contributed by atoms with van der Waals surface area (Å²) in [6.07, 6.45) is 0. The molecule has 2 amide bonds. The first-order valence-electron chi connectivity index (χ1n) is 9.64. The van der Waals surface area contributed by atoms with E-state index >= 15 is 0 Å². The fourth-order valence-electron chi connectivity index (χ4n) is 3.54. The second-order valence-corrected chi connectivity index (χ2v) is 7.79. The lowest BCUT2D eigenvalue weighted by Crippen LogP contribution is -2.50. The summed E-state index contributed by atoms with van der Waals surface area (Å²) in [6, 6.07) is 15.6. The molecule has 0 atom stereocenters. The summed E-state index contributed by atoms with van der Waals surface area (Å²) in [5.74, 6) is -2.24. The number of ether oxygens (including phenoxy) is 1. The Morgan fingerprint density at radius 1 is 0.968 bits per heavy atom. The molecule has 0 bridgehead atoms. The normalized spacial score (nSPS) is 14.6. The molecule has 1 N–H and O–H groups in total. The molecule has 0 aromatic heterocycles. The van der Waals surface area contributed by atoms with E-state index in [4.69, 9.17) is 4.74 Å². The van der Waals surface area contributed by atoms with Gasteiger partial charge in [-0.05, 0) is 61.4 Å². The van der Waals surface area contributed by atoms with E-state index in [2.05, 4.69) is 5.32 Å². The lowest BCUT2D eigenvalue weighted by atomic mass is 10.0. The Labute approximate surface area is 178 Å². The van der Waals surface area contributed by atoms with Gasteiger partial charge in [0.1, 0.15) is 22.9 Å². The molecule has 1 heterocycles. The predicted octanol–water partition coefficient (Wildman–Crippen LogP) is 5.02. The van der Waals surface area contributed by atoms with Crippen LogP contribution in [-0.4, -0.2) is 24.5 Å². The summed E-state index contributed by atoms with van der Waals surface area (Å²) in [6.45, 7) is 3.44. The van der Waals surface area contributed by atoms with Gasteiger partial charge in [0.2, 0.25) is 0 Å². The summed E-state index contributed by atoms with van der Waals surface area (Å²) >= 11 is 0. The molecule has 0 saturated heterocycles. The number of amides is 2. The van der Waals surface area contributed by atoms with Crippen molar-refractivity contribution in [2.75, 3.05) is 17.3 Å². The van der Waals surface area contributed by atoms with Crippen molar-refractivity contribution in [1.29, 1.82) is 0 Å². The molecule has 0 aliphatic carbocycles. The zero-order valence-electron chi connectivity index (χ0n) is 17.2. The quantitative estimate of drug-likeness (QED) is 0.645. The average molecular weight is 422 g/mol. The maximum absolute atomic E-state index is 13.8. The molecule has 3 aromatic rings. The topological polar surface area (TPSA) is 58.6 Å². The summed E-state index contributed by atoms with van der Waals surface area (Å²) < 4.78 is 33.5. The highest BCUT2D eigenvalue weighted by Crippen LogP contribution is 2.39. The summed E-state index contributed by atoms with van der Waals surface area (Å²) in [5, 5.41) is 2.50. The van der Waals surface area contributed by atoms with Crippen molar-refractivity contribution >= 4 is 23.2 Å². The van der Waals surface area contributed by atoms with Gasteiger partial charge in [0.25, 0.3) is 11.8 Å². The number of anilines is 2. The zero-order valence-corrected chi connectivity index (χ0v) is 17.2. The SMILES string of the molecule is CN1C(=O)C(C)(C)Oc2cc(-c3ccc(NC(=O)c4c(F)cccc4F)cc3)ccc21. The smallest absolute Gasteiger partial charge is 0.270 e. The van der Waals surface area contributed by atoms with Crippen LogP contribution in [0.5, 0.6) is 5.75 Å². The van der Waals surface area contributed by atoms with Gasteiger partial charge in [0.15, 0.2) is 5.60 Å². The number of likely N-dealkylation sites (N-methyl/N-ethyl adjacent to an activating group) is 1. The van der Waals surface area contributed by atoms with Gasteiger partial charge in [0.05, 0.1) is 5.69 Å². The molecule has 5 nitrogen and oxygen atoms in total. The highest BCUT2D eigenvalue weighted by Gasteiger charge is 2.39.